The summed E-state index contributed by atoms with van der Waals surface area (Å²) >= 11 is 0. The Labute approximate surface area is 145 Å². The van der Waals surface area contributed by atoms with E-state index in [0.717, 1.165) is 19.3 Å². The van der Waals surface area contributed by atoms with E-state index in [-0.39, 0.29) is 23.9 Å². The maximum absolute atomic E-state index is 12.3. The van der Waals surface area contributed by atoms with Crippen molar-refractivity contribution in [3.8, 4) is 0 Å². The monoisotopic (exact) mass is 343 g/mol. The van der Waals surface area contributed by atoms with Gasteiger partial charge in [0.15, 0.2) is 5.78 Å². The highest BCUT2D eigenvalue weighted by molar-refractivity contribution is 6.07. The molecule has 0 radical (unpaired) electrons. The van der Waals surface area contributed by atoms with Gasteiger partial charge in [0.1, 0.15) is 12.2 Å². The number of unbranched alkanes of at least 4 members (excludes halogenated alkanes) is 2. The van der Waals surface area contributed by atoms with E-state index in [1.165, 1.54) is 11.6 Å². The number of amides is 1. The SMILES string of the molecule is C=CCCCCNC(=O)c1ccc2c(C(C)=O)nn(CC(=O)O)c2c1. The fourth-order valence-electron chi connectivity index (χ4n) is 2.54. The summed E-state index contributed by atoms with van der Waals surface area (Å²) in [5, 5.41) is 16.4. The number of aliphatic carboxylic acids is 1. The fourth-order valence-corrected chi connectivity index (χ4v) is 2.54. The highest BCUT2D eigenvalue weighted by Crippen LogP contribution is 2.21. The smallest absolute Gasteiger partial charge is 0.325 e. The summed E-state index contributed by atoms with van der Waals surface area (Å²) in [6.45, 7) is 5.20. The third-order valence-corrected chi connectivity index (χ3v) is 3.75. The quantitative estimate of drug-likeness (QED) is 0.414. The van der Waals surface area contributed by atoms with Gasteiger partial charge >= 0.3 is 5.97 Å². The molecule has 0 saturated carbocycles. The van der Waals surface area contributed by atoms with Crippen molar-refractivity contribution in [1.82, 2.24) is 15.1 Å². The summed E-state index contributed by atoms with van der Waals surface area (Å²) in [5.74, 6) is -1.57. The summed E-state index contributed by atoms with van der Waals surface area (Å²) in [4.78, 5) is 35.0. The highest BCUT2D eigenvalue weighted by Gasteiger charge is 2.17. The van der Waals surface area contributed by atoms with Crippen molar-refractivity contribution < 1.29 is 19.5 Å². The molecule has 1 amide bonds. The number of Topliss-reactive ketones (excluding diaryl/α,β-unsaturated/α-hetero) is 1. The van der Waals surface area contributed by atoms with Gasteiger partial charge in [-0.15, -0.1) is 6.58 Å². The number of carbonyl (C=O) groups is 3. The summed E-state index contributed by atoms with van der Waals surface area (Å²) < 4.78 is 1.23. The number of hydrogen-bond donors (Lipinski definition) is 2. The number of carboxylic acid groups (broad SMARTS) is 1. The van der Waals surface area contributed by atoms with E-state index in [2.05, 4.69) is 17.0 Å². The first kappa shape index (κ1) is 18.4. The minimum absolute atomic E-state index is 0.202. The largest absolute Gasteiger partial charge is 0.480 e. The Morgan fingerprint density at radius 2 is 2.08 bits per heavy atom. The van der Waals surface area contributed by atoms with Gasteiger partial charge in [-0.25, -0.2) is 0 Å². The predicted octanol–water partition coefficient (Wildman–Crippen LogP) is 2.41. The van der Waals surface area contributed by atoms with Crippen LogP contribution in [0.2, 0.25) is 0 Å². The first-order valence-corrected chi connectivity index (χ1v) is 8.06. The second kappa shape index (κ2) is 8.23. The lowest BCUT2D eigenvalue weighted by molar-refractivity contribution is -0.137. The summed E-state index contributed by atoms with van der Waals surface area (Å²) in [7, 11) is 0. The van der Waals surface area contributed by atoms with Crippen LogP contribution >= 0.6 is 0 Å². The van der Waals surface area contributed by atoms with E-state index in [1.807, 2.05) is 6.08 Å². The zero-order valence-corrected chi connectivity index (χ0v) is 14.1. The average molecular weight is 343 g/mol. The topological polar surface area (TPSA) is 101 Å². The maximum Gasteiger partial charge on any atom is 0.325 e. The Hall–Kier alpha value is -2.96. The van der Waals surface area contributed by atoms with Crippen LogP contribution in [0.1, 0.15) is 47.0 Å². The van der Waals surface area contributed by atoms with Gasteiger partial charge in [-0.05, 0) is 37.5 Å². The van der Waals surface area contributed by atoms with Crippen LogP contribution in [-0.2, 0) is 11.3 Å². The van der Waals surface area contributed by atoms with E-state index in [1.54, 1.807) is 18.2 Å². The second-order valence-corrected chi connectivity index (χ2v) is 5.73. The number of nitrogens with one attached hydrogen (secondary N) is 1. The molecule has 1 aromatic heterocycles. The molecule has 7 heteroatoms. The third kappa shape index (κ3) is 4.53. The lowest BCUT2D eigenvalue weighted by Gasteiger charge is -2.06. The van der Waals surface area contributed by atoms with Gasteiger partial charge < -0.3 is 10.4 Å². The number of benzene rings is 1. The number of aromatic nitrogens is 2. The summed E-state index contributed by atoms with van der Waals surface area (Å²) in [6.07, 6.45) is 4.55. The Bertz CT molecular complexity index is 823. The number of ketones is 1. The van der Waals surface area contributed by atoms with E-state index in [0.29, 0.717) is 23.0 Å². The second-order valence-electron chi connectivity index (χ2n) is 5.73. The standard InChI is InChI=1S/C18H21N3O4/c1-3-4-5-6-9-19-18(25)13-7-8-14-15(10-13)21(11-16(23)24)20-17(14)12(2)22/h3,7-8,10H,1,4-6,9,11H2,2H3,(H,19,25)(H,23,24). The number of fused-ring (bicyclic) bond motifs is 1. The number of allylic oxidation sites excluding steroid dienone is 1. The van der Waals surface area contributed by atoms with Gasteiger partial charge in [0.05, 0.1) is 5.52 Å². The molecule has 0 bridgehead atoms. The zero-order chi connectivity index (χ0) is 18.4. The molecule has 2 rings (SSSR count). The molecule has 0 aliphatic rings. The molecular formula is C18H21N3O4. The minimum Gasteiger partial charge on any atom is -0.480 e. The molecule has 1 aromatic carbocycles. The molecule has 25 heavy (non-hydrogen) atoms. The van der Waals surface area contributed by atoms with E-state index in [9.17, 15) is 14.4 Å². The summed E-state index contributed by atoms with van der Waals surface area (Å²) in [6, 6.07) is 4.81. The molecular weight excluding hydrogens is 322 g/mol. The van der Waals surface area contributed by atoms with Gasteiger partial charge in [-0.1, -0.05) is 6.08 Å². The van der Waals surface area contributed by atoms with Crippen molar-refractivity contribution in [1.29, 1.82) is 0 Å². The van der Waals surface area contributed by atoms with Crippen LogP contribution in [0.3, 0.4) is 0 Å². The Kier molecular flexibility index (Phi) is 6.05. The van der Waals surface area contributed by atoms with Crippen molar-refractivity contribution in [2.24, 2.45) is 0 Å². The minimum atomic E-state index is -1.07. The molecule has 2 N–H and O–H groups in total. The molecule has 0 unspecified atom stereocenters. The molecule has 0 aliphatic heterocycles. The average Bonchev–Trinajstić information content (AvgIpc) is 2.92. The van der Waals surface area contributed by atoms with E-state index >= 15 is 0 Å². The number of nitrogens with zero attached hydrogens (tertiary/aromatic N) is 2. The number of rotatable bonds is 9. The Morgan fingerprint density at radius 1 is 1.32 bits per heavy atom. The molecule has 0 fully saturated rings. The lowest BCUT2D eigenvalue weighted by Crippen LogP contribution is -2.24. The molecule has 0 aliphatic carbocycles. The number of carbonyl (C=O) groups excluding carboxylic acids is 2. The molecule has 7 nitrogen and oxygen atoms in total. The first-order valence-electron chi connectivity index (χ1n) is 8.06. The molecule has 132 valence electrons. The van der Waals surface area contributed by atoms with Gasteiger partial charge in [0, 0.05) is 24.4 Å². The van der Waals surface area contributed by atoms with E-state index < -0.39 is 5.97 Å². The van der Waals surface area contributed by atoms with Crippen LogP contribution in [0, 0.1) is 0 Å². The zero-order valence-electron chi connectivity index (χ0n) is 14.1. The summed E-state index contributed by atoms with van der Waals surface area (Å²) in [5.41, 5.74) is 1.05. The van der Waals surface area contributed by atoms with Crippen LogP contribution in [-0.4, -0.2) is 39.1 Å². The van der Waals surface area contributed by atoms with Gasteiger partial charge in [0.2, 0.25) is 0 Å². The number of carboxylic acids is 1. The van der Waals surface area contributed by atoms with Crippen LogP contribution in [0.25, 0.3) is 10.9 Å². The molecule has 0 spiro atoms. The predicted molar refractivity (Wildman–Crippen MR) is 93.8 cm³/mol. The lowest BCUT2D eigenvalue weighted by atomic mass is 10.1. The van der Waals surface area contributed by atoms with Crippen LogP contribution in [0.5, 0.6) is 0 Å². The molecule has 0 saturated heterocycles. The molecule has 0 atom stereocenters. The van der Waals surface area contributed by atoms with Crippen molar-refractivity contribution >= 4 is 28.6 Å². The van der Waals surface area contributed by atoms with Gasteiger partial charge in [0.25, 0.3) is 5.91 Å². The first-order chi connectivity index (χ1) is 11.9. The van der Waals surface area contributed by atoms with Crippen molar-refractivity contribution in [2.75, 3.05) is 6.54 Å². The number of hydrogen-bond acceptors (Lipinski definition) is 4. The van der Waals surface area contributed by atoms with Crippen LogP contribution in [0.4, 0.5) is 0 Å². The highest BCUT2D eigenvalue weighted by atomic mass is 16.4. The third-order valence-electron chi connectivity index (χ3n) is 3.75. The van der Waals surface area contributed by atoms with Crippen molar-refractivity contribution in [3.05, 3.63) is 42.1 Å². The van der Waals surface area contributed by atoms with Gasteiger partial charge in [-0.2, -0.15) is 5.10 Å². The molecule has 1 heterocycles. The van der Waals surface area contributed by atoms with Gasteiger partial charge in [-0.3, -0.25) is 19.1 Å². The van der Waals surface area contributed by atoms with Crippen molar-refractivity contribution in [3.63, 3.8) is 0 Å². The van der Waals surface area contributed by atoms with E-state index in [4.69, 9.17) is 5.11 Å². The maximum atomic E-state index is 12.3. The molecule has 2 aromatic rings. The fraction of sp³-hybridized carbons (Fsp3) is 0.333. The Balaban J connectivity index is 2.24. The van der Waals surface area contributed by atoms with Crippen LogP contribution in [0.15, 0.2) is 30.9 Å². The van der Waals surface area contributed by atoms with Crippen LogP contribution < -0.4 is 5.32 Å². The van der Waals surface area contributed by atoms with Crippen molar-refractivity contribution in [2.45, 2.75) is 32.7 Å². The Morgan fingerprint density at radius 3 is 2.72 bits per heavy atom. The normalized spacial score (nSPS) is 10.6.